The minimum Gasteiger partial charge on any atom is -0.496 e. The zero-order valence-corrected chi connectivity index (χ0v) is 12.5. The molecular formula is C15H12BrF3O. The fourth-order valence-electron chi connectivity index (χ4n) is 1.97. The smallest absolute Gasteiger partial charge is 0.131 e. The molecule has 0 aliphatic heterocycles. The van der Waals surface area contributed by atoms with Crippen LogP contribution in [0.5, 0.6) is 5.75 Å². The van der Waals surface area contributed by atoms with Crippen molar-refractivity contribution in [2.75, 3.05) is 7.11 Å². The number of halogens is 4. The molecule has 0 radical (unpaired) electrons. The number of rotatable bonds is 3. The first-order valence-corrected chi connectivity index (χ1v) is 6.79. The Balaban J connectivity index is 2.57. The van der Waals surface area contributed by atoms with Crippen LogP contribution >= 0.6 is 15.9 Å². The van der Waals surface area contributed by atoms with Crippen LogP contribution in [0.1, 0.15) is 21.5 Å². The van der Waals surface area contributed by atoms with Crippen molar-refractivity contribution >= 4 is 15.9 Å². The molecule has 2 rings (SSSR count). The molecule has 1 unspecified atom stereocenters. The van der Waals surface area contributed by atoms with E-state index in [2.05, 4.69) is 15.9 Å². The second-order valence-corrected chi connectivity index (χ2v) is 5.26. The fourth-order valence-corrected chi connectivity index (χ4v) is 2.77. The summed E-state index contributed by atoms with van der Waals surface area (Å²) in [5.74, 6) is -1.59. The Labute approximate surface area is 123 Å². The van der Waals surface area contributed by atoms with Gasteiger partial charge in [0.1, 0.15) is 23.2 Å². The zero-order chi connectivity index (χ0) is 14.9. The summed E-state index contributed by atoms with van der Waals surface area (Å²) in [6.07, 6.45) is 0. The quantitative estimate of drug-likeness (QED) is 0.719. The molecule has 0 aromatic heterocycles. The number of ether oxygens (including phenoxy) is 1. The number of methoxy groups -OCH3 is 1. The van der Waals surface area contributed by atoms with Crippen molar-refractivity contribution in [2.24, 2.45) is 0 Å². The third-order valence-electron chi connectivity index (χ3n) is 3.04. The van der Waals surface area contributed by atoms with Gasteiger partial charge in [0.15, 0.2) is 0 Å². The largest absolute Gasteiger partial charge is 0.496 e. The van der Waals surface area contributed by atoms with Gasteiger partial charge in [0.25, 0.3) is 0 Å². The molecule has 0 heterocycles. The average Bonchev–Trinajstić information content (AvgIpc) is 2.41. The van der Waals surface area contributed by atoms with Crippen LogP contribution in [0.3, 0.4) is 0 Å². The van der Waals surface area contributed by atoms with Crippen molar-refractivity contribution in [3.63, 3.8) is 0 Å². The maximum Gasteiger partial charge on any atom is 0.131 e. The highest BCUT2D eigenvalue weighted by molar-refractivity contribution is 9.09. The molecule has 2 aromatic rings. The van der Waals surface area contributed by atoms with Gasteiger partial charge in [0, 0.05) is 17.2 Å². The predicted octanol–water partition coefficient (Wildman–Crippen LogP) is 4.91. The summed E-state index contributed by atoms with van der Waals surface area (Å²) in [5.41, 5.74) is 0.633. The van der Waals surface area contributed by atoms with Crippen LogP contribution in [0.25, 0.3) is 0 Å². The van der Waals surface area contributed by atoms with Crippen LogP contribution in [-0.2, 0) is 0 Å². The first-order chi connectivity index (χ1) is 9.45. The third-order valence-corrected chi connectivity index (χ3v) is 3.99. The summed E-state index contributed by atoms with van der Waals surface area (Å²) in [4.78, 5) is -0.766. The molecule has 1 nitrogen and oxygen atoms in total. The summed E-state index contributed by atoms with van der Waals surface area (Å²) >= 11 is 3.26. The van der Waals surface area contributed by atoms with Crippen LogP contribution in [0, 0.1) is 24.4 Å². The fraction of sp³-hybridized carbons (Fsp3) is 0.200. The van der Waals surface area contributed by atoms with E-state index in [9.17, 15) is 13.2 Å². The summed E-state index contributed by atoms with van der Waals surface area (Å²) in [5, 5.41) is 0. The topological polar surface area (TPSA) is 9.23 Å². The number of alkyl halides is 1. The molecule has 5 heteroatoms. The highest BCUT2D eigenvalue weighted by Crippen LogP contribution is 2.39. The second kappa shape index (κ2) is 5.87. The number of benzene rings is 2. The van der Waals surface area contributed by atoms with E-state index in [1.165, 1.54) is 32.2 Å². The molecule has 0 saturated heterocycles. The van der Waals surface area contributed by atoms with E-state index in [0.717, 1.165) is 6.07 Å². The molecule has 1 atom stereocenters. The third kappa shape index (κ3) is 2.68. The number of hydrogen-bond acceptors (Lipinski definition) is 1. The molecule has 0 aliphatic rings. The minimum absolute atomic E-state index is 0.160. The Morgan fingerprint density at radius 3 is 2.40 bits per heavy atom. The van der Waals surface area contributed by atoms with E-state index in [4.69, 9.17) is 4.74 Å². The molecule has 106 valence electrons. The lowest BCUT2D eigenvalue weighted by Crippen LogP contribution is -2.04. The van der Waals surface area contributed by atoms with Gasteiger partial charge in [-0.25, -0.2) is 13.2 Å². The van der Waals surface area contributed by atoms with E-state index in [1.54, 1.807) is 6.07 Å². The highest BCUT2D eigenvalue weighted by atomic mass is 79.9. The molecule has 0 N–H and O–H groups in total. The first kappa shape index (κ1) is 14.9. The van der Waals surface area contributed by atoms with Crippen LogP contribution in [0.15, 0.2) is 30.3 Å². The standard InChI is InChI=1S/C15H12BrF3O/c1-8-6-9(12(19)7-11(8)18)15(16)14-10(17)4-3-5-13(14)20-2/h3-7,15H,1-2H3. The molecule has 0 amide bonds. The molecule has 0 fully saturated rings. The first-order valence-electron chi connectivity index (χ1n) is 5.87. The molecule has 0 aliphatic carbocycles. The normalized spacial score (nSPS) is 12.3. The van der Waals surface area contributed by atoms with Crippen LogP contribution in [0.4, 0.5) is 13.2 Å². The lowest BCUT2D eigenvalue weighted by molar-refractivity contribution is 0.405. The maximum absolute atomic E-state index is 14.0. The van der Waals surface area contributed by atoms with Crippen molar-refractivity contribution in [1.82, 2.24) is 0 Å². The van der Waals surface area contributed by atoms with Crippen molar-refractivity contribution in [2.45, 2.75) is 11.8 Å². The zero-order valence-electron chi connectivity index (χ0n) is 10.9. The van der Waals surface area contributed by atoms with Gasteiger partial charge < -0.3 is 4.74 Å². The van der Waals surface area contributed by atoms with E-state index in [0.29, 0.717) is 11.3 Å². The van der Waals surface area contributed by atoms with Gasteiger partial charge in [0.2, 0.25) is 0 Å². The van der Waals surface area contributed by atoms with E-state index < -0.39 is 22.3 Å². The molecule has 2 aromatic carbocycles. The van der Waals surface area contributed by atoms with Gasteiger partial charge in [-0.15, -0.1) is 0 Å². The van der Waals surface area contributed by atoms with Crippen molar-refractivity contribution in [3.8, 4) is 5.75 Å². The van der Waals surface area contributed by atoms with Crippen LogP contribution in [0.2, 0.25) is 0 Å². The van der Waals surface area contributed by atoms with Gasteiger partial charge in [-0.2, -0.15) is 0 Å². The average molecular weight is 345 g/mol. The minimum atomic E-state index is -0.766. The summed E-state index contributed by atoms with van der Waals surface area (Å²) in [6, 6.07) is 6.51. The van der Waals surface area contributed by atoms with Gasteiger partial charge in [-0.3, -0.25) is 0 Å². The second-order valence-electron chi connectivity index (χ2n) is 4.34. The lowest BCUT2D eigenvalue weighted by atomic mass is 10.0. The van der Waals surface area contributed by atoms with E-state index in [-0.39, 0.29) is 11.1 Å². The SMILES string of the molecule is COc1cccc(F)c1C(Br)c1cc(C)c(F)cc1F. The van der Waals surface area contributed by atoms with Gasteiger partial charge >= 0.3 is 0 Å². The predicted molar refractivity (Wildman–Crippen MR) is 74.8 cm³/mol. The molecule has 0 bridgehead atoms. The Morgan fingerprint density at radius 1 is 1.05 bits per heavy atom. The van der Waals surface area contributed by atoms with Crippen molar-refractivity contribution < 1.29 is 17.9 Å². The van der Waals surface area contributed by atoms with E-state index >= 15 is 0 Å². The Bertz CT molecular complexity index is 643. The number of aryl methyl sites for hydroxylation is 1. The molecular weight excluding hydrogens is 333 g/mol. The summed E-state index contributed by atoms with van der Waals surface area (Å²) in [7, 11) is 1.41. The van der Waals surface area contributed by atoms with Crippen molar-refractivity contribution in [1.29, 1.82) is 0 Å². The monoisotopic (exact) mass is 344 g/mol. The van der Waals surface area contributed by atoms with E-state index in [1.807, 2.05) is 0 Å². The summed E-state index contributed by atoms with van der Waals surface area (Å²) in [6.45, 7) is 1.52. The Hall–Kier alpha value is -1.49. The van der Waals surface area contributed by atoms with Gasteiger partial charge in [0.05, 0.1) is 11.9 Å². The van der Waals surface area contributed by atoms with Crippen LogP contribution < -0.4 is 4.74 Å². The summed E-state index contributed by atoms with van der Waals surface area (Å²) < 4.78 is 46.3. The van der Waals surface area contributed by atoms with Crippen molar-refractivity contribution in [3.05, 3.63) is 64.5 Å². The lowest BCUT2D eigenvalue weighted by Gasteiger charge is -2.17. The van der Waals surface area contributed by atoms with Gasteiger partial charge in [-0.1, -0.05) is 22.0 Å². The highest BCUT2D eigenvalue weighted by Gasteiger charge is 2.23. The number of hydrogen-bond donors (Lipinski definition) is 0. The Kier molecular flexibility index (Phi) is 4.38. The van der Waals surface area contributed by atoms with Gasteiger partial charge in [-0.05, 0) is 30.7 Å². The van der Waals surface area contributed by atoms with Crippen LogP contribution in [-0.4, -0.2) is 7.11 Å². The molecule has 0 spiro atoms. The molecule has 20 heavy (non-hydrogen) atoms. The maximum atomic E-state index is 14.0. The Morgan fingerprint density at radius 2 is 1.75 bits per heavy atom. The molecule has 0 saturated carbocycles.